The Hall–Kier alpha value is -3.90. The molecule has 2 fully saturated rings. The van der Waals surface area contributed by atoms with E-state index in [1.54, 1.807) is 54.6 Å². The zero-order chi connectivity index (χ0) is 23.8. The van der Waals surface area contributed by atoms with Crippen LogP contribution in [0, 0.1) is 25.7 Å². The summed E-state index contributed by atoms with van der Waals surface area (Å²) in [6, 6.07) is 21.0. The second-order valence-electron chi connectivity index (χ2n) is 9.19. The molecule has 6 nitrogen and oxygen atoms in total. The van der Waals surface area contributed by atoms with Gasteiger partial charge in [-0.15, -0.1) is 0 Å². The van der Waals surface area contributed by atoms with E-state index in [9.17, 15) is 19.2 Å². The zero-order valence-corrected chi connectivity index (χ0v) is 18.6. The van der Waals surface area contributed by atoms with Crippen LogP contribution in [0.15, 0.2) is 72.8 Å². The number of imide groups is 1. The molecule has 3 atom stereocenters. The van der Waals surface area contributed by atoms with Crippen molar-refractivity contribution in [2.45, 2.75) is 25.6 Å². The van der Waals surface area contributed by atoms with Crippen molar-refractivity contribution in [1.29, 1.82) is 0 Å². The molecule has 0 unspecified atom stereocenters. The molecule has 1 aliphatic carbocycles. The molecule has 34 heavy (non-hydrogen) atoms. The molecule has 0 bridgehead atoms. The lowest BCUT2D eigenvalue weighted by atomic mass is 9.77. The van der Waals surface area contributed by atoms with Crippen LogP contribution >= 0.6 is 0 Å². The summed E-state index contributed by atoms with van der Waals surface area (Å²) in [6.07, 6.45) is -0.902. The van der Waals surface area contributed by atoms with Gasteiger partial charge in [-0.3, -0.25) is 19.2 Å². The Bertz CT molecular complexity index is 1370. The van der Waals surface area contributed by atoms with Gasteiger partial charge in [0.1, 0.15) is 0 Å². The summed E-state index contributed by atoms with van der Waals surface area (Å²) in [5.74, 6) is -4.36. The van der Waals surface area contributed by atoms with E-state index in [4.69, 9.17) is 4.74 Å². The Balaban J connectivity index is 1.56. The van der Waals surface area contributed by atoms with Crippen LogP contribution in [0.3, 0.4) is 0 Å². The Labute approximate surface area is 196 Å². The van der Waals surface area contributed by atoms with Crippen LogP contribution in [0.25, 0.3) is 0 Å². The second-order valence-corrected chi connectivity index (χ2v) is 9.19. The molecule has 0 saturated carbocycles. The molecule has 168 valence electrons. The van der Waals surface area contributed by atoms with E-state index in [2.05, 4.69) is 0 Å². The van der Waals surface area contributed by atoms with Gasteiger partial charge >= 0.3 is 0 Å². The highest BCUT2D eigenvalue weighted by Crippen LogP contribution is 2.57. The Morgan fingerprint density at radius 3 is 2.00 bits per heavy atom. The third kappa shape index (κ3) is 2.49. The van der Waals surface area contributed by atoms with Crippen molar-refractivity contribution < 1.29 is 23.9 Å². The summed E-state index contributed by atoms with van der Waals surface area (Å²) in [5, 5.41) is 0. The van der Waals surface area contributed by atoms with Crippen LogP contribution < -0.4 is 4.90 Å². The number of anilines is 1. The molecular weight excluding hydrogens is 430 g/mol. The molecule has 6 rings (SSSR count). The molecule has 6 heteroatoms. The summed E-state index contributed by atoms with van der Waals surface area (Å²) in [5.41, 5.74) is 1.28. The third-order valence-corrected chi connectivity index (χ3v) is 7.24. The number of carbonyl (C=O) groups excluding carboxylic acids is 4. The first kappa shape index (κ1) is 20.7. The number of nitrogens with zero attached hydrogens (tertiary/aromatic N) is 1. The average Bonchev–Trinajstić information content (AvgIpc) is 3.40. The zero-order valence-electron chi connectivity index (χ0n) is 18.6. The van der Waals surface area contributed by atoms with Crippen molar-refractivity contribution in [2.24, 2.45) is 11.8 Å². The summed E-state index contributed by atoms with van der Waals surface area (Å²) < 4.78 is 6.28. The Kier molecular flexibility index (Phi) is 4.29. The van der Waals surface area contributed by atoms with Crippen LogP contribution in [0.1, 0.15) is 43.5 Å². The lowest BCUT2D eigenvalue weighted by molar-refractivity contribution is -0.127. The molecule has 3 aromatic rings. The van der Waals surface area contributed by atoms with Crippen molar-refractivity contribution in [3.05, 3.63) is 101 Å². The number of hydrogen-bond donors (Lipinski definition) is 0. The smallest absolute Gasteiger partial charge is 0.241 e. The third-order valence-electron chi connectivity index (χ3n) is 7.24. The van der Waals surface area contributed by atoms with E-state index >= 15 is 0 Å². The maximum atomic E-state index is 13.9. The van der Waals surface area contributed by atoms with Gasteiger partial charge in [0.05, 0.1) is 23.6 Å². The second kappa shape index (κ2) is 7.05. The van der Waals surface area contributed by atoms with Crippen molar-refractivity contribution >= 4 is 29.1 Å². The quantitative estimate of drug-likeness (QED) is 0.435. The number of aryl methyl sites for hydroxylation is 2. The molecule has 2 aliphatic heterocycles. The average molecular weight is 451 g/mol. The predicted molar refractivity (Wildman–Crippen MR) is 123 cm³/mol. The first-order valence-electron chi connectivity index (χ1n) is 11.2. The van der Waals surface area contributed by atoms with Gasteiger partial charge in [-0.05, 0) is 31.0 Å². The lowest BCUT2D eigenvalue weighted by Crippen LogP contribution is -2.51. The van der Waals surface area contributed by atoms with Gasteiger partial charge in [-0.1, -0.05) is 72.3 Å². The van der Waals surface area contributed by atoms with Gasteiger partial charge in [-0.2, -0.15) is 0 Å². The van der Waals surface area contributed by atoms with Crippen molar-refractivity contribution in [1.82, 2.24) is 0 Å². The topological polar surface area (TPSA) is 80.8 Å². The molecule has 2 saturated heterocycles. The minimum atomic E-state index is -2.05. The Morgan fingerprint density at radius 2 is 1.38 bits per heavy atom. The number of ether oxygens (including phenoxy) is 1. The number of rotatable bonds is 2. The van der Waals surface area contributed by atoms with Gasteiger partial charge in [0.15, 0.2) is 0 Å². The maximum Gasteiger partial charge on any atom is 0.241 e. The molecule has 3 aromatic carbocycles. The number of ketones is 2. The van der Waals surface area contributed by atoms with E-state index in [0.29, 0.717) is 11.3 Å². The highest BCUT2D eigenvalue weighted by molar-refractivity contribution is 6.37. The number of hydrogen-bond acceptors (Lipinski definition) is 5. The predicted octanol–water partition coefficient (Wildman–Crippen LogP) is 4.00. The summed E-state index contributed by atoms with van der Waals surface area (Å²) in [7, 11) is 0. The van der Waals surface area contributed by atoms with Crippen LogP contribution in [0.5, 0.6) is 0 Å². The van der Waals surface area contributed by atoms with Crippen LogP contribution in [-0.2, 0) is 14.3 Å². The summed E-state index contributed by atoms with van der Waals surface area (Å²) >= 11 is 0. The highest BCUT2D eigenvalue weighted by atomic mass is 16.5. The van der Waals surface area contributed by atoms with Gasteiger partial charge < -0.3 is 4.74 Å². The first-order valence-corrected chi connectivity index (χ1v) is 11.2. The van der Waals surface area contributed by atoms with Crippen LogP contribution in [0.4, 0.5) is 5.69 Å². The molecule has 0 aromatic heterocycles. The fraction of sp³-hybridized carbons (Fsp3) is 0.214. The number of fused-ring (bicyclic) bond motifs is 3. The summed E-state index contributed by atoms with van der Waals surface area (Å²) in [4.78, 5) is 56.4. The monoisotopic (exact) mass is 451 g/mol. The van der Waals surface area contributed by atoms with Crippen LogP contribution in [0.2, 0.25) is 0 Å². The van der Waals surface area contributed by atoms with E-state index in [-0.39, 0.29) is 11.1 Å². The number of Topliss-reactive ketones (excluding diaryl/α,β-unsaturated/α-hetero) is 2. The molecule has 0 radical (unpaired) electrons. The number of benzene rings is 3. The molecule has 0 N–H and O–H groups in total. The van der Waals surface area contributed by atoms with E-state index in [1.807, 2.05) is 32.0 Å². The number of carbonyl (C=O) groups is 4. The molecule has 2 amide bonds. The molecular formula is C28H21NO5. The van der Waals surface area contributed by atoms with Gasteiger partial charge in [0, 0.05) is 11.1 Å². The van der Waals surface area contributed by atoms with Crippen LogP contribution in [-0.4, -0.2) is 29.0 Å². The molecule has 2 heterocycles. The fourth-order valence-electron chi connectivity index (χ4n) is 5.75. The van der Waals surface area contributed by atoms with E-state index < -0.39 is 46.9 Å². The SMILES string of the molecule is Cc1ccc(N2C(=O)[C@H]3[C@@H](C2=O)C2(O[C@H]3c3ccccc3)C(=O)c3ccccc3C2=O)c(C)c1. The highest BCUT2D eigenvalue weighted by Gasteiger charge is 2.74. The minimum Gasteiger partial charge on any atom is -0.349 e. The largest absolute Gasteiger partial charge is 0.349 e. The molecule has 3 aliphatic rings. The Morgan fingerprint density at radius 1 is 0.765 bits per heavy atom. The van der Waals surface area contributed by atoms with E-state index in [0.717, 1.165) is 16.0 Å². The van der Waals surface area contributed by atoms with Crippen molar-refractivity contribution in [3.8, 4) is 0 Å². The van der Waals surface area contributed by atoms with Gasteiger partial charge in [0.25, 0.3) is 0 Å². The summed E-state index contributed by atoms with van der Waals surface area (Å²) in [6.45, 7) is 3.76. The van der Waals surface area contributed by atoms with Crippen molar-refractivity contribution in [2.75, 3.05) is 4.90 Å². The minimum absolute atomic E-state index is 0.227. The first-order chi connectivity index (χ1) is 16.4. The van der Waals surface area contributed by atoms with Gasteiger partial charge in [-0.25, -0.2) is 4.90 Å². The fourth-order valence-corrected chi connectivity index (χ4v) is 5.75. The van der Waals surface area contributed by atoms with Gasteiger partial charge in [0.2, 0.25) is 29.0 Å². The van der Waals surface area contributed by atoms with E-state index in [1.165, 1.54) is 0 Å². The molecule has 1 spiro atoms. The number of amides is 2. The lowest BCUT2D eigenvalue weighted by Gasteiger charge is -2.27. The van der Waals surface area contributed by atoms with Crippen molar-refractivity contribution in [3.63, 3.8) is 0 Å². The normalized spacial score (nSPS) is 24.8. The maximum absolute atomic E-state index is 13.9. The standard InChI is InChI=1S/C28H21NO5/c1-15-12-13-20(16(2)14-15)29-26(32)21-22(27(29)33)28(34-23(21)17-8-4-3-5-9-17)24(30)18-10-6-7-11-19(18)25(28)31/h3-14,21-23H,1-2H3/t21-,22-,23-/m0/s1.